The van der Waals surface area contributed by atoms with Gasteiger partial charge in [0, 0.05) is 54.8 Å². The van der Waals surface area contributed by atoms with Crippen LogP contribution < -0.4 is 14.5 Å². The molecule has 4 heterocycles. The first kappa shape index (κ1) is 29.0. The van der Waals surface area contributed by atoms with Crippen molar-refractivity contribution in [2.45, 2.75) is 26.2 Å². The Labute approximate surface area is 279 Å². The standard InChI is InChI=1S/C37H28N3OS2.Pt/c1-37(2,3)25-12-14-38-30(18-25)36-28-20-33-23(13-15-42-33)16-24(28)17-34-29(36)21-35(43-34)41-27-9-7-8-26(19-27)40-22-39(4)31-10-5-6-11-32(31)40;/h5-18,20,22H,1-4H3;/q-3;. The molecule has 3 aromatic heterocycles. The predicted octanol–water partition coefficient (Wildman–Crippen LogP) is 10.7. The van der Waals surface area contributed by atoms with Crippen LogP contribution >= 0.6 is 22.7 Å². The summed E-state index contributed by atoms with van der Waals surface area (Å²) in [4.78, 5) is 9.15. The van der Waals surface area contributed by atoms with Crippen LogP contribution in [0.5, 0.6) is 10.8 Å². The first-order chi connectivity index (χ1) is 20.8. The third-order valence-corrected chi connectivity index (χ3v) is 9.81. The number of para-hydroxylation sites is 2. The molecule has 0 unspecified atom stereocenters. The fourth-order valence-electron chi connectivity index (χ4n) is 5.80. The maximum atomic E-state index is 6.47. The van der Waals surface area contributed by atoms with Gasteiger partial charge in [0.05, 0.1) is 0 Å². The number of anilines is 3. The summed E-state index contributed by atoms with van der Waals surface area (Å²) in [5.74, 6) is 0.653. The van der Waals surface area contributed by atoms with Gasteiger partial charge in [-0.1, -0.05) is 54.6 Å². The molecule has 0 radical (unpaired) electrons. The van der Waals surface area contributed by atoms with Crippen molar-refractivity contribution in [2.24, 2.45) is 0 Å². The van der Waals surface area contributed by atoms with E-state index in [0.717, 1.165) is 38.4 Å². The summed E-state index contributed by atoms with van der Waals surface area (Å²) in [6.07, 6.45) is 1.93. The van der Waals surface area contributed by atoms with Crippen LogP contribution in [0.25, 0.3) is 42.2 Å². The van der Waals surface area contributed by atoms with Crippen molar-refractivity contribution in [3.05, 3.63) is 115 Å². The van der Waals surface area contributed by atoms with E-state index in [1.807, 2.05) is 18.3 Å². The molecule has 0 amide bonds. The Morgan fingerprint density at radius 1 is 0.864 bits per heavy atom. The number of ether oxygens (including phenoxy) is 1. The molecule has 1 aliphatic rings. The van der Waals surface area contributed by atoms with Gasteiger partial charge in [0.25, 0.3) is 0 Å². The molecular formula is C37H28N3OPtS2-3. The Kier molecular flexibility index (Phi) is 7.28. The number of aromatic nitrogens is 1. The molecule has 7 aromatic rings. The summed E-state index contributed by atoms with van der Waals surface area (Å²) in [7, 11) is 2.06. The van der Waals surface area contributed by atoms with Crippen LogP contribution in [-0.4, -0.2) is 12.0 Å². The molecule has 7 heteroatoms. The van der Waals surface area contributed by atoms with E-state index in [9.17, 15) is 0 Å². The molecule has 0 atom stereocenters. The summed E-state index contributed by atoms with van der Waals surface area (Å²) in [6.45, 7) is 8.80. The van der Waals surface area contributed by atoms with Crippen LogP contribution in [-0.2, 0) is 26.5 Å². The summed E-state index contributed by atoms with van der Waals surface area (Å²) in [5, 5.41) is 7.52. The molecule has 0 fully saturated rings. The monoisotopic (exact) mass is 789 g/mol. The molecule has 44 heavy (non-hydrogen) atoms. The fourth-order valence-corrected chi connectivity index (χ4v) is 7.54. The second-order valence-electron chi connectivity index (χ2n) is 11.9. The Hall–Kier alpha value is -3.70. The maximum absolute atomic E-state index is 6.47. The third kappa shape index (κ3) is 4.99. The van der Waals surface area contributed by atoms with Gasteiger partial charge in [0.15, 0.2) is 0 Å². The average Bonchev–Trinajstić information content (AvgIpc) is 3.71. The zero-order valence-electron chi connectivity index (χ0n) is 24.6. The van der Waals surface area contributed by atoms with Gasteiger partial charge in [0.1, 0.15) is 5.06 Å². The number of benzene rings is 4. The van der Waals surface area contributed by atoms with E-state index in [-0.39, 0.29) is 26.5 Å². The summed E-state index contributed by atoms with van der Waals surface area (Å²) < 4.78 is 8.86. The average molecular weight is 790 g/mol. The van der Waals surface area contributed by atoms with E-state index in [0.29, 0.717) is 10.8 Å². The Morgan fingerprint density at radius 2 is 1.70 bits per heavy atom. The molecule has 0 spiro atoms. The van der Waals surface area contributed by atoms with Crippen molar-refractivity contribution in [1.82, 2.24) is 4.98 Å². The number of nitrogens with zero attached hydrogens (tertiary/aromatic N) is 3. The number of hydrogen-bond acceptors (Lipinski definition) is 6. The van der Waals surface area contributed by atoms with E-state index in [1.165, 1.54) is 26.4 Å². The largest absolute Gasteiger partial charge is 0.504 e. The van der Waals surface area contributed by atoms with E-state index < -0.39 is 0 Å². The zero-order chi connectivity index (χ0) is 29.3. The molecule has 0 saturated heterocycles. The van der Waals surface area contributed by atoms with Crippen LogP contribution in [0.1, 0.15) is 26.3 Å². The quantitative estimate of drug-likeness (QED) is 0.166. The Morgan fingerprint density at radius 3 is 2.55 bits per heavy atom. The molecule has 4 nitrogen and oxygen atoms in total. The number of pyridine rings is 1. The molecule has 0 aliphatic carbocycles. The third-order valence-electron chi connectivity index (χ3n) is 8.01. The van der Waals surface area contributed by atoms with Gasteiger partial charge in [-0.15, -0.1) is 41.3 Å². The molecule has 8 rings (SSSR count). The number of rotatable bonds is 4. The zero-order valence-corrected chi connectivity index (χ0v) is 28.5. The van der Waals surface area contributed by atoms with Crippen molar-refractivity contribution in [2.75, 3.05) is 16.8 Å². The van der Waals surface area contributed by atoms with Gasteiger partial charge in [-0.3, -0.25) is 4.98 Å². The SMILES string of the molecule is CN1[CH-]N(c2[c-]c(Oc3[c-]c4c(-c5cc(C(C)(C)C)ccn5)c5cc6sccc6cc5cc4s3)ccc2)c2ccccc21.[Pt]. The Balaban J connectivity index is 0.00000312. The van der Waals surface area contributed by atoms with Crippen molar-refractivity contribution >= 4 is 70.7 Å². The summed E-state index contributed by atoms with van der Waals surface area (Å²) >= 11 is 3.37. The van der Waals surface area contributed by atoms with Crippen molar-refractivity contribution in [1.29, 1.82) is 0 Å². The van der Waals surface area contributed by atoms with E-state index in [1.54, 1.807) is 22.7 Å². The predicted molar refractivity (Wildman–Crippen MR) is 182 cm³/mol. The topological polar surface area (TPSA) is 28.6 Å². The van der Waals surface area contributed by atoms with Crippen molar-refractivity contribution in [3.8, 4) is 22.1 Å². The first-order valence-corrected chi connectivity index (χ1v) is 15.9. The fraction of sp³-hybridized carbons (Fsp3) is 0.135. The minimum Gasteiger partial charge on any atom is -0.504 e. The van der Waals surface area contributed by atoms with E-state index in [2.05, 4.69) is 129 Å². The summed E-state index contributed by atoms with van der Waals surface area (Å²) in [6, 6.07) is 34.9. The first-order valence-electron chi connectivity index (χ1n) is 14.2. The van der Waals surface area contributed by atoms with Gasteiger partial charge in [-0.05, 0) is 76.6 Å². The molecule has 222 valence electrons. The van der Waals surface area contributed by atoms with E-state index >= 15 is 0 Å². The molecule has 0 saturated carbocycles. The van der Waals surface area contributed by atoms with Crippen molar-refractivity contribution < 1.29 is 25.8 Å². The second kappa shape index (κ2) is 11.0. The second-order valence-corrected chi connectivity index (χ2v) is 13.9. The number of hydrogen-bond donors (Lipinski definition) is 0. The smallest absolute Gasteiger partial charge is 0.107 e. The minimum absolute atomic E-state index is 0. The van der Waals surface area contributed by atoms with Crippen molar-refractivity contribution in [3.63, 3.8) is 0 Å². The van der Waals surface area contributed by atoms with Gasteiger partial charge < -0.3 is 14.5 Å². The van der Waals surface area contributed by atoms with Gasteiger partial charge in [-0.25, -0.2) is 0 Å². The minimum atomic E-state index is 0. The van der Waals surface area contributed by atoms with Crippen LogP contribution in [0.4, 0.5) is 17.1 Å². The summed E-state index contributed by atoms with van der Waals surface area (Å²) in [5.41, 5.74) is 6.52. The molecule has 1 aliphatic heterocycles. The van der Waals surface area contributed by atoms with E-state index in [4.69, 9.17) is 9.72 Å². The van der Waals surface area contributed by atoms with Crippen LogP contribution in [0.15, 0.2) is 90.4 Å². The maximum Gasteiger partial charge on any atom is 0.107 e. The molecule has 0 bridgehead atoms. The molecule has 0 N–H and O–H groups in total. The van der Waals surface area contributed by atoms with Crippen LogP contribution in [0, 0.1) is 18.8 Å². The van der Waals surface area contributed by atoms with Crippen LogP contribution in [0.2, 0.25) is 0 Å². The Bertz CT molecular complexity index is 2180. The van der Waals surface area contributed by atoms with Gasteiger partial charge in [0.2, 0.25) is 0 Å². The van der Waals surface area contributed by atoms with Gasteiger partial charge >= 0.3 is 0 Å². The number of thiophene rings is 2. The molecular weight excluding hydrogens is 762 g/mol. The number of fused-ring (bicyclic) bond motifs is 4. The van der Waals surface area contributed by atoms with Gasteiger partial charge in [-0.2, -0.15) is 29.5 Å². The molecule has 4 aromatic carbocycles. The van der Waals surface area contributed by atoms with Crippen LogP contribution in [0.3, 0.4) is 0 Å². The normalized spacial score (nSPS) is 13.1.